The van der Waals surface area contributed by atoms with E-state index in [4.69, 9.17) is 0 Å². The molecule has 11 heteroatoms. The van der Waals surface area contributed by atoms with Crippen molar-refractivity contribution in [3.63, 3.8) is 0 Å². The van der Waals surface area contributed by atoms with Gasteiger partial charge in [0.25, 0.3) is 5.91 Å². The third-order valence-corrected chi connectivity index (χ3v) is 4.76. The van der Waals surface area contributed by atoms with Gasteiger partial charge in [0.15, 0.2) is 5.82 Å². The van der Waals surface area contributed by atoms with Crippen LogP contribution in [0.3, 0.4) is 0 Å². The molecular weight excluding hydrogens is 366 g/mol. The van der Waals surface area contributed by atoms with Crippen LogP contribution in [0.5, 0.6) is 0 Å². The van der Waals surface area contributed by atoms with Gasteiger partial charge >= 0.3 is 0 Å². The zero-order chi connectivity index (χ0) is 18.5. The first-order valence-electron chi connectivity index (χ1n) is 8.37. The molecule has 138 valence electrons. The molecule has 1 aliphatic heterocycles. The molecule has 0 bridgehead atoms. The normalized spacial score (nSPS) is 14.0. The fourth-order valence-corrected chi connectivity index (χ4v) is 3.33. The van der Waals surface area contributed by atoms with Crippen molar-refractivity contribution >= 4 is 39.6 Å². The number of piperazine rings is 1. The van der Waals surface area contributed by atoms with E-state index in [0.29, 0.717) is 16.6 Å². The first kappa shape index (κ1) is 17.2. The highest BCUT2D eigenvalue weighted by atomic mass is 32.1. The Morgan fingerprint density at radius 2 is 1.96 bits per heavy atom. The molecule has 0 spiro atoms. The van der Waals surface area contributed by atoms with Crippen molar-refractivity contribution in [3.8, 4) is 0 Å². The number of hydrogen-bond donors (Lipinski definition) is 3. The van der Waals surface area contributed by atoms with Gasteiger partial charge in [-0.15, -0.1) is 10.2 Å². The molecule has 0 radical (unpaired) electrons. The Hall–Kier alpha value is -3.18. The summed E-state index contributed by atoms with van der Waals surface area (Å²) in [6, 6.07) is 1.90. The molecular formula is C16H17N9OS. The molecule has 1 aliphatic rings. The van der Waals surface area contributed by atoms with Gasteiger partial charge in [0.1, 0.15) is 0 Å². The molecule has 3 aromatic heterocycles. The lowest BCUT2D eigenvalue weighted by molar-refractivity contribution is 0.102. The number of carbonyl (C=O) groups excluding carboxylic acids is 1. The Balaban J connectivity index is 1.47. The number of carbonyl (C=O) groups is 1. The lowest BCUT2D eigenvalue weighted by Crippen LogP contribution is -2.43. The summed E-state index contributed by atoms with van der Waals surface area (Å²) in [5.41, 5.74) is 1.60. The Morgan fingerprint density at radius 1 is 1.11 bits per heavy atom. The Kier molecular flexibility index (Phi) is 5.12. The van der Waals surface area contributed by atoms with Crippen molar-refractivity contribution in [2.24, 2.45) is 0 Å². The van der Waals surface area contributed by atoms with Crippen molar-refractivity contribution in [3.05, 3.63) is 42.1 Å². The van der Waals surface area contributed by atoms with Gasteiger partial charge < -0.3 is 20.9 Å². The fourth-order valence-electron chi connectivity index (χ4n) is 2.68. The summed E-state index contributed by atoms with van der Waals surface area (Å²) in [6.45, 7) is 3.56. The van der Waals surface area contributed by atoms with E-state index in [1.807, 2.05) is 6.07 Å². The van der Waals surface area contributed by atoms with Gasteiger partial charge in [-0.3, -0.25) is 14.8 Å². The predicted octanol–water partition coefficient (Wildman–Crippen LogP) is 1.13. The van der Waals surface area contributed by atoms with Crippen molar-refractivity contribution in [2.75, 3.05) is 41.7 Å². The van der Waals surface area contributed by atoms with E-state index in [1.165, 1.54) is 0 Å². The fraction of sp³-hybridized carbons (Fsp3) is 0.250. The van der Waals surface area contributed by atoms with Gasteiger partial charge in [-0.2, -0.15) is 0 Å². The number of nitrogens with zero attached hydrogens (tertiary/aromatic N) is 6. The summed E-state index contributed by atoms with van der Waals surface area (Å²) < 4.78 is 0. The van der Waals surface area contributed by atoms with Gasteiger partial charge in [-0.05, 0) is 6.07 Å². The Morgan fingerprint density at radius 3 is 2.78 bits per heavy atom. The van der Waals surface area contributed by atoms with Gasteiger partial charge in [0.05, 0.1) is 23.8 Å². The maximum atomic E-state index is 12.6. The van der Waals surface area contributed by atoms with Crippen LogP contribution in [0.4, 0.5) is 22.3 Å². The number of aromatic nitrogens is 5. The molecule has 4 heterocycles. The highest BCUT2D eigenvalue weighted by Gasteiger charge is 2.18. The molecule has 0 atom stereocenters. The molecule has 0 saturated carbocycles. The number of anilines is 4. The zero-order valence-electron chi connectivity index (χ0n) is 14.3. The smallest absolute Gasteiger partial charge is 0.286 e. The van der Waals surface area contributed by atoms with Gasteiger partial charge in [0, 0.05) is 44.8 Å². The lowest BCUT2D eigenvalue weighted by atomic mass is 10.2. The van der Waals surface area contributed by atoms with Crippen molar-refractivity contribution in [2.45, 2.75) is 0 Å². The first-order chi connectivity index (χ1) is 13.3. The SMILES string of the molecule is O=C(Nc1cnccc1N1CCNCC1)c1nnc(Nc2cnccn2)s1. The van der Waals surface area contributed by atoms with Crippen LogP contribution in [0.15, 0.2) is 37.1 Å². The highest BCUT2D eigenvalue weighted by molar-refractivity contribution is 7.17. The molecule has 0 unspecified atom stereocenters. The minimum Gasteiger partial charge on any atom is -0.367 e. The van der Waals surface area contributed by atoms with E-state index < -0.39 is 0 Å². The molecule has 0 aliphatic carbocycles. The van der Waals surface area contributed by atoms with Crippen molar-refractivity contribution < 1.29 is 4.79 Å². The molecule has 1 amide bonds. The quantitative estimate of drug-likeness (QED) is 0.595. The van der Waals surface area contributed by atoms with Crippen LogP contribution in [0.1, 0.15) is 9.80 Å². The average Bonchev–Trinajstić information content (AvgIpc) is 3.18. The summed E-state index contributed by atoms with van der Waals surface area (Å²) in [5.74, 6) is 0.206. The van der Waals surface area contributed by atoms with Gasteiger partial charge in [-0.25, -0.2) is 4.98 Å². The molecule has 1 fully saturated rings. The van der Waals surface area contributed by atoms with Crippen LogP contribution in [-0.2, 0) is 0 Å². The van der Waals surface area contributed by atoms with E-state index in [-0.39, 0.29) is 10.9 Å². The van der Waals surface area contributed by atoms with E-state index in [2.05, 4.69) is 46.0 Å². The summed E-state index contributed by atoms with van der Waals surface area (Å²) in [4.78, 5) is 27.0. The minimum atomic E-state index is -0.330. The zero-order valence-corrected chi connectivity index (χ0v) is 15.1. The highest BCUT2D eigenvalue weighted by Crippen LogP contribution is 2.26. The number of amides is 1. The third kappa shape index (κ3) is 4.15. The molecule has 3 N–H and O–H groups in total. The lowest BCUT2D eigenvalue weighted by Gasteiger charge is -2.30. The van der Waals surface area contributed by atoms with Crippen molar-refractivity contribution in [1.82, 2.24) is 30.5 Å². The maximum absolute atomic E-state index is 12.6. The third-order valence-electron chi connectivity index (χ3n) is 3.92. The molecule has 3 aromatic rings. The van der Waals surface area contributed by atoms with Crippen LogP contribution >= 0.6 is 11.3 Å². The maximum Gasteiger partial charge on any atom is 0.286 e. The average molecular weight is 383 g/mol. The molecule has 1 saturated heterocycles. The number of pyridine rings is 1. The standard InChI is InChI=1S/C16H17N9OS/c26-14(15-23-24-16(27-15)22-13-10-19-3-4-20-13)21-11-9-18-2-1-12(11)25-7-5-17-6-8-25/h1-4,9-10,17H,5-8H2,(H,21,26)(H,20,22,24). The van der Waals surface area contributed by atoms with E-state index >= 15 is 0 Å². The predicted molar refractivity (Wildman–Crippen MR) is 102 cm³/mol. The topological polar surface area (TPSA) is 121 Å². The summed E-state index contributed by atoms with van der Waals surface area (Å²) in [6.07, 6.45) is 8.08. The van der Waals surface area contributed by atoms with Crippen LogP contribution in [0, 0.1) is 0 Å². The van der Waals surface area contributed by atoms with Crippen LogP contribution < -0.4 is 20.9 Å². The number of nitrogens with one attached hydrogen (secondary N) is 3. The monoisotopic (exact) mass is 383 g/mol. The second kappa shape index (κ2) is 8.01. The molecule has 4 rings (SSSR count). The minimum absolute atomic E-state index is 0.247. The molecule has 27 heavy (non-hydrogen) atoms. The number of hydrogen-bond acceptors (Lipinski definition) is 10. The van der Waals surface area contributed by atoms with Gasteiger partial charge in [0.2, 0.25) is 10.1 Å². The second-order valence-electron chi connectivity index (χ2n) is 5.71. The van der Waals surface area contributed by atoms with Crippen molar-refractivity contribution in [1.29, 1.82) is 0 Å². The van der Waals surface area contributed by atoms with E-state index in [9.17, 15) is 4.79 Å². The molecule has 0 aromatic carbocycles. The van der Waals surface area contributed by atoms with E-state index in [0.717, 1.165) is 43.2 Å². The van der Waals surface area contributed by atoms with Crippen LogP contribution in [0.25, 0.3) is 0 Å². The first-order valence-corrected chi connectivity index (χ1v) is 9.19. The largest absolute Gasteiger partial charge is 0.367 e. The summed E-state index contributed by atoms with van der Waals surface area (Å²) in [7, 11) is 0. The van der Waals surface area contributed by atoms with Crippen LogP contribution in [0.2, 0.25) is 0 Å². The van der Waals surface area contributed by atoms with E-state index in [1.54, 1.807) is 31.0 Å². The summed E-state index contributed by atoms with van der Waals surface area (Å²) in [5, 5.41) is 17.8. The van der Waals surface area contributed by atoms with Crippen LogP contribution in [-0.4, -0.2) is 57.2 Å². The second-order valence-corrected chi connectivity index (χ2v) is 6.69. The number of rotatable bonds is 5. The Bertz CT molecular complexity index is 911. The van der Waals surface area contributed by atoms with Gasteiger partial charge in [-0.1, -0.05) is 11.3 Å². The molecule has 10 nitrogen and oxygen atoms in total. The summed E-state index contributed by atoms with van der Waals surface area (Å²) >= 11 is 1.14. The Labute approximate surface area is 159 Å².